The van der Waals surface area contributed by atoms with Crippen molar-refractivity contribution in [2.24, 2.45) is 11.8 Å². The molecule has 0 spiro atoms. The van der Waals surface area contributed by atoms with Crippen molar-refractivity contribution >= 4 is 17.6 Å². The predicted molar refractivity (Wildman–Crippen MR) is 72.9 cm³/mol. The van der Waals surface area contributed by atoms with Crippen LogP contribution in [-0.2, 0) is 16.0 Å². The van der Waals surface area contributed by atoms with Crippen molar-refractivity contribution in [1.29, 1.82) is 0 Å². The molecule has 1 fully saturated rings. The maximum absolute atomic E-state index is 12.2. The summed E-state index contributed by atoms with van der Waals surface area (Å²) in [4.78, 5) is 23.2. The van der Waals surface area contributed by atoms with E-state index in [0.29, 0.717) is 12.8 Å². The topological polar surface area (TPSA) is 66.4 Å². The largest absolute Gasteiger partial charge is 0.481 e. The van der Waals surface area contributed by atoms with Gasteiger partial charge in [0.2, 0.25) is 5.91 Å². The number of carbonyl (C=O) groups is 2. The molecule has 1 amide bonds. The lowest BCUT2D eigenvalue weighted by Gasteiger charge is -2.15. The second-order valence-corrected chi connectivity index (χ2v) is 5.03. The van der Waals surface area contributed by atoms with E-state index in [4.69, 9.17) is 5.11 Å². The molecule has 0 aliphatic heterocycles. The third kappa shape index (κ3) is 3.13. The Morgan fingerprint density at radius 2 is 2.05 bits per heavy atom. The zero-order chi connectivity index (χ0) is 13.8. The Labute approximate surface area is 112 Å². The number of aryl methyl sites for hydroxylation is 1. The molecule has 1 saturated carbocycles. The van der Waals surface area contributed by atoms with Gasteiger partial charge in [-0.1, -0.05) is 25.5 Å². The van der Waals surface area contributed by atoms with Crippen molar-refractivity contribution in [1.82, 2.24) is 0 Å². The van der Waals surface area contributed by atoms with E-state index < -0.39 is 17.8 Å². The van der Waals surface area contributed by atoms with Gasteiger partial charge in [-0.25, -0.2) is 0 Å². The Morgan fingerprint density at radius 1 is 1.32 bits per heavy atom. The second kappa shape index (κ2) is 5.87. The van der Waals surface area contributed by atoms with Gasteiger partial charge in [0.1, 0.15) is 0 Å². The summed E-state index contributed by atoms with van der Waals surface area (Å²) < 4.78 is 0. The number of aliphatic carboxylic acids is 1. The molecule has 0 saturated heterocycles. The minimum atomic E-state index is -0.861. The SMILES string of the molecule is CCc1cccc(NC(=O)C2CCCC2C(=O)O)c1. The van der Waals surface area contributed by atoms with Crippen LogP contribution in [0.15, 0.2) is 24.3 Å². The molecule has 4 heteroatoms. The average molecular weight is 261 g/mol. The van der Waals surface area contributed by atoms with Gasteiger partial charge in [0, 0.05) is 5.69 Å². The van der Waals surface area contributed by atoms with Gasteiger partial charge in [-0.05, 0) is 37.0 Å². The molecule has 0 bridgehead atoms. The molecular weight excluding hydrogens is 242 g/mol. The Bertz CT molecular complexity index is 484. The lowest BCUT2D eigenvalue weighted by atomic mass is 9.95. The first kappa shape index (κ1) is 13.6. The van der Waals surface area contributed by atoms with Crippen LogP contribution in [0.5, 0.6) is 0 Å². The zero-order valence-corrected chi connectivity index (χ0v) is 11.1. The fraction of sp³-hybridized carbons (Fsp3) is 0.467. The highest BCUT2D eigenvalue weighted by molar-refractivity contribution is 5.95. The number of hydrogen-bond acceptors (Lipinski definition) is 2. The van der Waals surface area contributed by atoms with E-state index in [2.05, 4.69) is 12.2 Å². The molecule has 0 heterocycles. The maximum atomic E-state index is 12.2. The third-order valence-corrected chi connectivity index (χ3v) is 3.77. The van der Waals surface area contributed by atoms with Crippen LogP contribution in [0.1, 0.15) is 31.7 Å². The zero-order valence-electron chi connectivity index (χ0n) is 11.1. The van der Waals surface area contributed by atoms with Gasteiger partial charge in [-0.15, -0.1) is 0 Å². The van der Waals surface area contributed by atoms with Crippen LogP contribution in [0.25, 0.3) is 0 Å². The fourth-order valence-corrected chi connectivity index (χ4v) is 2.67. The first-order valence-corrected chi connectivity index (χ1v) is 6.74. The van der Waals surface area contributed by atoms with Crippen LogP contribution >= 0.6 is 0 Å². The van der Waals surface area contributed by atoms with Crippen molar-refractivity contribution in [3.05, 3.63) is 29.8 Å². The summed E-state index contributed by atoms with van der Waals surface area (Å²) in [5, 5.41) is 11.9. The van der Waals surface area contributed by atoms with Gasteiger partial charge in [0.15, 0.2) is 0 Å². The molecule has 4 nitrogen and oxygen atoms in total. The predicted octanol–water partition coefficient (Wildman–Crippen LogP) is 2.69. The van der Waals surface area contributed by atoms with Gasteiger partial charge in [0.25, 0.3) is 0 Å². The average Bonchev–Trinajstić information content (AvgIpc) is 2.88. The normalized spacial score (nSPS) is 22.2. The summed E-state index contributed by atoms with van der Waals surface area (Å²) in [6, 6.07) is 7.67. The van der Waals surface area contributed by atoms with Crippen molar-refractivity contribution in [3.8, 4) is 0 Å². The first-order valence-electron chi connectivity index (χ1n) is 6.74. The lowest BCUT2D eigenvalue weighted by molar-refractivity contribution is -0.145. The fourth-order valence-electron chi connectivity index (χ4n) is 2.67. The molecule has 19 heavy (non-hydrogen) atoms. The molecule has 2 N–H and O–H groups in total. The number of anilines is 1. The Hall–Kier alpha value is -1.84. The number of benzene rings is 1. The Balaban J connectivity index is 2.06. The van der Waals surface area contributed by atoms with E-state index in [0.717, 1.165) is 24.1 Å². The van der Waals surface area contributed by atoms with E-state index in [-0.39, 0.29) is 5.91 Å². The highest BCUT2D eigenvalue weighted by Crippen LogP contribution is 2.32. The first-order chi connectivity index (χ1) is 9.11. The summed E-state index contributed by atoms with van der Waals surface area (Å²) >= 11 is 0. The minimum Gasteiger partial charge on any atom is -0.481 e. The van der Waals surface area contributed by atoms with Crippen molar-refractivity contribution in [3.63, 3.8) is 0 Å². The van der Waals surface area contributed by atoms with E-state index >= 15 is 0 Å². The molecule has 2 atom stereocenters. The number of carboxylic acids is 1. The van der Waals surface area contributed by atoms with Gasteiger partial charge in [-0.3, -0.25) is 9.59 Å². The van der Waals surface area contributed by atoms with Gasteiger partial charge < -0.3 is 10.4 Å². The van der Waals surface area contributed by atoms with Crippen molar-refractivity contribution in [2.45, 2.75) is 32.6 Å². The number of rotatable bonds is 4. The van der Waals surface area contributed by atoms with Crippen molar-refractivity contribution in [2.75, 3.05) is 5.32 Å². The van der Waals surface area contributed by atoms with Crippen LogP contribution in [0.4, 0.5) is 5.69 Å². The molecule has 0 aromatic heterocycles. The summed E-state index contributed by atoms with van der Waals surface area (Å²) in [5.74, 6) is -1.96. The molecule has 1 aliphatic rings. The smallest absolute Gasteiger partial charge is 0.307 e. The van der Waals surface area contributed by atoms with Gasteiger partial charge >= 0.3 is 5.97 Å². The Kier molecular flexibility index (Phi) is 4.20. The minimum absolute atomic E-state index is 0.168. The highest BCUT2D eigenvalue weighted by atomic mass is 16.4. The molecule has 2 unspecified atom stereocenters. The van der Waals surface area contributed by atoms with Crippen LogP contribution in [0.3, 0.4) is 0 Å². The summed E-state index contributed by atoms with van der Waals surface area (Å²) in [5.41, 5.74) is 1.90. The summed E-state index contributed by atoms with van der Waals surface area (Å²) in [6.07, 6.45) is 2.98. The quantitative estimate of drug-likeness (QED) is 0.875. The van der Waals surface area contributed by atoms with Gasteiger partial charge in [-0.2, -0.15) is 0 Å². The van der Waals surface area contributed by atoms with Crippen molar-refractivity contribution < 1.29 is 14.7 Å². The number of carbonyl (C=O) groups excluding carboxylic acids is 1. The van der Waals surface area contributed by atoms with Gasteiger partial charge in [0.05, 0.1) is 11.8 Å². The molecule has 1 aromatic rings. The van der Waals surface area contributed by atoms with E-state index in [1.54, 1.807) is 0 Å². The third-order valence-electron chi connectivity index (χ3n) is 3.77. The molecule has 0 radical (unpaired) electrons. The summed E-state index contributed by atoms with van der Waals surface area (Å²) in [7, 11) is 0. The summed E-state index contributed by atoms with van der Waals surface area (Å²) in [6.45, 7) is 2.05. The molecule has 1 aliphatic carbocycles. The number of carboxylic acid groups (broad SMARTS) is 1. The highest BCUT2D eigenvalue weighted by Gasteiger charge is 2.37. The standard InChI is InChI=1S/C15H19NO3/c1-2-10-5-3-6-11(9-10)16-14(17)12-7-4-8-13(12)15(18)19/h3,5-6,9,12-13H,2,4,7-8H2,1H3,(H,16,17)(H,18,19). The van der Waals surface area contributed by atoms with Crippen LogP contribution < -0.4 is 5.32 Å². The molecule has 1 aromatic carbocycles. The second-order valence-electron chi connectivity index (χ2n) is 5.03. The van der Waals surface area contributed by atoms with E-state index in [1.165, 1.54) is 0 Å². The molecule has 2 rings (SSSR count). The number of nitrogens with one attached hydrogen (secondary N) is 1. The van der Waals surface area contributed by atoms with Crippen LogP contribution in [0, 0.1) is 11.8 Å². The number of hydrogen-bond donors (Lipinski definition) is 2. The molecule has 102 valence electrons. The monoisotopic (exact) mass is 261 g/mol. The van der Waals surface area contributed by atoms with Crippen LogP contribution in [-0.4, -0.2) is 17.0 Å². The maximum Gasteiger partial charge on any atom is 0.307 e. The van der Waals surface area contributed by atoms with Crippen LogP contribution in [0.2, 0.25) is 0 Å². The molecular formula is C15H19NO3. The Morgan fingerprint density at radius 3 is 2.74 bits per heavy atom. The number of amides is 1. The lowest BCUT2D eigenvalue weighted by Crippen LogP contribution is -2.30. The van der Waals surface area contributed by atoms with E-state index in [1.807, 2.05) is 24.3 Å². The van der Waals surface area contributed by atoms with E-state index in [9.17, 15) is 9.59 Å².